The molecule has 2 aromatic heterocycles. The van der Waals surface area contributed by atoms with Crippen molar-refractivity contribution in [3.63, 3.8) is 0 Å². The second-order valence-electron chi connectivity index (χ2n) is 10.2. The van der Waals surface area contributed by atoms with Crippen LogP contribution < -0.4 is 0 Å². The number of rotatable bonds is 7. The minimum atomic E-state index is -1.11. The number of thiazole rings is 1. The number of alkyl halides is 1. The molecule has 0 amide bonds. The van der Waals surface area contributed by atoms with Gasteiger partial charge in [-0.05, 0) is 69.2 Å². The molecule has 6 rings (SSSR count). The number of aliphatic hydroxyl groups is 1. The van der Waals surface area contributed by atoms with Crippen molar-refractivity contribution in [3.8, 4) is 17.3 Å². The lowest BCUT2D eigenvalue weighted by Crippen LogP contribution is -2.34. The van der Waals surface area contributed by atoms with Crippen LogP contribution in [0.15, 0.2) is 47.0 Å². The molecule has 0 saturated heterocycles. The Bertz CT molecular complexity index is 1480. The average Bonchev–Trinajstić information content (AvgIpc) is 3.52. The van der Waals surface area contributed by atoms with Crippen molar-refractivity contribution >= 4 is 21.6 Å². The van der Waals surface area contributed by atoms with Crippen LogP contribution in [0.3, 0.4) is 0 Å². The molecule has 1 atom stereocenters. The normalized spacial score (nSPS) is 22.7. The van der Waals surface area contributed by atoms with Crippen LogP contribution in [0.4, 0.5) is 4.39 Å². The number of halogens is 1. The van der Waals surface area contributed by atoms with Gasteiger partial charge in [0, 0.05) is 17.0 Å². The van der Waals surface area contributed by atoms with E-state index in [1.807, 2.05) is 30.3 Å². The second-order valence-corrected chi connectivity index (χ2v) is 11.2. The number of aromatic nitrogens is 2. The van der Waals surface area contributed by atoms with E-state index < -0.39 is 11.8 Å². The molecule has 37 heavy (non-hydrogen) atoms. The van der Waals surface area contributed by atoms with Crippen molar-refractivity contribution in [2.45, 2.75) is 75.9 Å². The molecule has 2 saturated carbocycles. The number of hydrogen-bond donors (Lipinski definition) is 1. The Morgan fingerprint density at radius 3 is 2.73 bits per heavy atom. The zero-order chi connectivity index (χ0) is 25.6. The van der Waals surface area contributed by atoms with Crippen LogP contribution in [0.25, 0.3) is 21.5 Å². The first-order chi connectivity index (χ1) is 17.9. The lowest BCUT2D eigenvalue weighted by atomic mass is 9.83. The summed E-state index contributed by atoms with van der Waals surface area (Å²) in [4.78, 5) is 4.67. The summed E-state index contributed by atoms with van der Waals surface area (Å²) in [5, 5.41) is 25.6. The van der Waals surface area contributed by atoms with E-state index in [2.05, 4.69) is 16.2 Å². The van der Waals surface area contributed by atoms with E-state index in [0.29, 0.717) is 60.0 Å². The summed E-state index contributed by atoms with van der Waals surface area (Å²) in [5.74, 6) is 1.21. The van der Waals surface area contributed by atoms with Gasteiger partial charge in [-0.25, -0.2) is 9.37 Å². The molecule has 4 aromatic rings. The molecule has 2 aliphatic rings. The summed E-state index contributed by atoms with van der Waals surface area (Å²) >= 11 is 1.46. The average molecular weight is 518 g/mol. The highest BCUT2D eigenvalue weighted by Crippen LogP contribution is 2.46. The summed E-state index contributed by atoms with van der Waals surface area (Å²) in [6, 6.07) is 15.0. The van der Waals surface area contributed by atoms with E-state index in [1.165, 1.54) is 18.3 Å². The van der Waals surface area contributed by atoms with E-state index in [4.69, 9.17) is 14.5 Å². The van der Waals surface area contributed by atoms with E-state index in [9.17, 15) is 9.50 Å². The van der Waals surface area contributed by atoms with Crippen LogP contribution in [0.1, 0.15) is 85.0 Å². The molecule has 190 valence electrons. The molecule has 6 nitrogen and oxygen atoms in total. The third-order valence-electron chi connectivity index (χ3n) is 7.55. The van der Waals surface area contributed by atoms with Gasteiger partial charge in [0.1, 0.15) is 28.2 Å². The highest BCUT2D eigenvalue weighted by atomic mass is 32.1. The van der Waals surface area contributed by atoms with Crippen LogP contribution in [-0.4, -0.2) is 21.4 Å². The van der Waals surface area contributed by atoms with Crippen LogP contribution in [-0.2, 0) is 16.9 Å². The molecular formula is C29H28FN3O3S. The Morgan fingerprint density at radius 2 is 2.00 bits per heavy atom. The Kier molecular flexibility index (Phi) is 6.31. The number of nitrogens with zero attached hydrogens (tertiary/aromatic N) is 3. The lowest BCUT2D eigenvalue weighted by molar-refractivity contribution is -0.0640. The fourth-order valence-corrected chi connectivity index (χ4v) is 6.39. The monoisotopic (exact) mass is 517 g/mol. The van der Waals surface area contributed by atoms with Gasteiger partial charge in [0.05, 0.1) is 34.6 Å². The topological polar surface area (TPSA) is 92.2 Å². The zero-order valence-electron chi connectivity index (χ0n) is 20.6. The van der Waals surface area contributed by atoms with Crippen molar-refractivity contribution in [2.24, 2.45) is 0 Å². The first-order valence-electron chi connectivity index (χ1n) is 12.8. The minimum Gasteiger partial charge on any atom is -0.383 e. The molecule has 2 aromatic carbocycles. The molecule has 8 heteroatoms. The van der Waals surface area contributed by atoms with Gasteiger partial charge in [-0.2, -0.15) is 5.26 Å². The van der Waals surface area contributed by atoms with Crippen LogP contribution in [0.2, 0.25) is 0 Å². The molecule has 0 aliphatic heterocycles. The van der Waals surface area contributed by atoms with Crippen LogP contribution in [0.5, 0.6) is 0 Å². The molecular weight excluding hydrogens is 489 g/mol. The summed E-state index contributed by atoms with van der Waals surface area (Å²) in [7, 11) is 0. The maximum atomic E-state index is 14.4. The standard InChI is InChI=1S/C29H28FN3O3S/c1-17(30)21-4-2-3-5-22(21)26-23(27(36-33-26)19-7-8-19)16-35-20-10-12-29(34,13-11-20)28-32-24-9-6-18(15-31)14-25(24)37-28/h2-6,9,14,17,19-20,34H,7-8,10-13,16H2,1H3. The zero-order valence-corrected chi connectivity index (χ0v) is 21.4. The van der Waals surface area contributed by atoms with Gasteiger partial charge < -0.3 is 14.4 Å². The molecule has 2 fully saturated rings. The highest BCUT2D eigenvalue weighted by Gasteiger charge is 2.39. The maximum absolute atomic E-state index is 14.4. The first-order valence-corrected chi connectivity index (χ1v) is 13.6. The van der Waals surface area contributed by atoms with E-state index >= 15 is 0 Å². The summed E-state index contributed by atoms with van der Waals surface area (Å²) in [6.45, 7) is 1.88. The van der Waals surface area contributed by atoms with E-state index in [0.717, 1.165) is 39.9 Å². The van der Waals surface area contributed by atoms with Crippen molar-refractivity contribution in [1.29, 1.82) is 5.26 Å². The SMILES string of the molecule is CC(F)c1ccccc1-c1noc(C2CC2)c1COC1CCC(O)(c2nc3ccc(C#N)cc3s2)CC1. The smallest absolute Gasteiger partial charge is 0.145 e. The quantitative estimate of drug-likeness (QED) is 0.282. The molecule has 2 heterocycles. The first kappa shape index (κ1) is 24.2. The second kappa shape index (κ2) is 9.64. The number of hydrogen-bond acceptors (Lipinski definition) is 7. The van der Waals surface area contributed by atoms with Crippen molar-refractivity contribution in [2.75, 3.05) is 0 Å². The van der Waals surface area contributed by atoms with Gasteiger partial charge in [0.15, 0.2) is 0 Å². The Balaban J connectivity index is 1.17. The largest absolute Gasteiger partial charge is 0.383 e. The van der Waals surface area contributed by atoms with E-state index in [-0.39, 0.29) is 6.10 Å². The summed E-state index contributed by atoms with van der Waals surface area (Å²) in [6.07, 6.45) is 3.52. The molecule has 0 bridgehead atoms. The fraction of sp³-hybridized carbons (Fsp3) is 0.414. The van der Waals surface area contributed by atoms with Crippen molar-refractivity contribution in [1.82, 2.24) is 10.1 Å². The van der Waals surface area contributed by atoms with Gasteiger partial charge in [-0.3, -0.25) is 0 Å². The minimum absolute atomic E-state index is 0.00927. The number of ether oxygens (including phenoxy) is 1. The van der Waals surface area contributed by atoms with Gasteiger partial charge in [-0.15, -0.1) is 11.3 Å². The Hall–Kier alpha value is -3.12. The molecule has 1 N–H and O–H groups in total. The highest BCUT2D eigenvalue weighted by molar-refractivity contribution is 7.18. The Morgan fingerprint density at radius 1 is 1.22 bits per heavy atom. The van der Waals surface area contributed by atoms with Crippen molar-refractivity contribution in [3.05, 3.63) is 69.9 Å². The summed E-state index contributed by atoms with van der Waals surface area (Å²) in [5.41, 5.74) is 3.33. The molecule has 2 aliphatic carbocycles. The van der Waals surface area contributed by atoms with Gasteiger partial charge in [0.2, 0.25) is 0 Å². The number of nitriles is 1. The van der Waals surface area contributed by atoms with E-state index in [1.54, 1.807) is 12.1 Å². The molecule has 0 radical (unpaired) electrons. The van der Waals surface area contributed by atoms with Gasteiger partial charge >= 0.3 is 0 Å². The molecule has 1 unspecified atom stereocenters. The van der Waals surface area contributed by atoms with Gasteiger partial charge in [0.25, 0.3) is 0 Å². The van der Waals surface area contributed by atoms with Crippen LogP contribution in [0, 0.1) is 11.3 Å². The van der Waals surface area contributed by atoms with Crippen LogP contribution >= 0.6 is 11.3 Å². The van der Waals surface area contributed by atoms with Gasteiger partial charge in [-0.1, -0.05) is 29.4 Å². The lowest BCUT2D eigenvalue weighted by Gasteiger charge is -2.34. The summed E-state index contributed by atoms with van der Waals surface area (Å²) < 4.78 is 27.4. The number of fused-ring (bicyclic) bond motifs is 1. The number of benzene rings is 2. The Labute approximate surface area is 218 Å². The third-order valence-corrected chi connectivity index (χ3v) is 8.76. The molecule has 0 spiro atoms. The predicted molar refractivity (Wildman–Crippen MR) is 139 cm³/mol. The fourth-order valence-electron chi connectivity index (χ4n) is 5.24. The predicted octanol–water partition coefficient (Wildman–Crippen LogP) is 7.08. The third kappa shape index (κ3) is 4.68. The van der Waals surface area contributed by atoms with Crippen molar-refractivity contribution < 1.29 is 18.8 Å². The maximum Gasteiger partial charge on any atom is 0.145 e.